The minimum absolute atomic E-state index is 0. The number of likely N-dealkylation sites (tertiary alicyclic amines) is 2. The molecule has 2 aliphatic heterocycles. The van der Waals surface area contributed by atoms with Crippen LogP contribution in [0.3, 0.4) is 0 Å². The van der Waals surface area contributed by atoms with Crippen LogP contribution in [-0.4, -0.2) is 54.3 Å². The van der Waals surface area contributed by atoms with Crippen molar-refractivity contribution in [3.05, 3.63) is 0 Å². The molecule has 2 saturated heterocycles. The van der Waals surface area contributed by atoms with Gasteiger partial charge in [-0.3, -0.25) is 9.59 Å². The van der Waals surface area contributed by atoms with Gasteiger partial charge in [-0.25, -0.2) is 0 Å². The fraction of sp³-hybridized carbons (Fsp3) is 0.846. The number of carbonyl (C=O) groups excluding carboxylic acids is 2. The molecule has 2 heterocycles. The highest BCUT2D eigenvalue weighted by Crippen LogP contribution is 2.24. The first-order valence-corrected chi connectivity index (χ1v) is 6.77. The van der Waals surface area contributed by atoms with Crippen molar-refractivity contribution in [2.45, 2.75) is 32.2 Å². The maximum atomic E-state index is 12.3. The van der Waals surface area contributed by atoms with Gasteiger partial charge < -0.3 is 15.5 Å². The van der Waals surface area contributed by atoms with Crippen LogP contribution in [0.15, 0.2) is 0 Å². The lowest BCUT2D eigenvalue weighted by atomic mass is 9.90. The van der Waals surface area contributed by atoms with Crippen LogP contribution >= 0.6 is 12.4 Å². The molecule has 0 aliphatic carbocycles. The number of rotatable bonds is 2. The Morgan fingerprint density at radius 1 is 1.37 bits per heavy atom. The molecule has 110 valence electrons. The molecule has 0 radical (unpaired) electrons. The summed E-state index contributed by atoms with van der Waals surface area (Å²) in [6, 6.07) is 0.210. The fourth-order valence-electron chi connectivity index (χ4n) is 2.93. The van der Waals surface area contributed by atoms with E-state index in [1.165, 1.54) is 0 Å². The zero-order chi connectivity index (χ0) is 13.3. The third-order valence-corrected chi connectivity index (χ3v) is 4.29. The topological polar surface area (TPSA) is 66.6 Å². The summed E-state index contributed by atoms with van der Waals surface area (Å²) in [7, 11) is 1.76. The van der Waals surface area contributed by atoms with Crippen molar-refractivity contribution in [1.29, 1.82) is 0 Å². The standard InChI is InChI=1S/C13H23N3O2.ClH/c1-9(14)10-3-5-16(6-4-10)13(18)11-7-12(17)15(2)8-11;/h9-11H,3-8,14H2,1-2H3;1H. The highest BCUT2D eigenvalue weighted by atomic mass is 35.5. The molecule has 2 fully saturated rings. The lowest BCUT2D eigenvalue weighted by molar-refractivity contribution is -0.137. The predicted molar refractivity (Wildman–Crippen MR) is 75.9 cm³/mol. The Hall–Kier alpha value is -0.810. The van der Waals surface area contributed by atoms with Crippen LogP contribution in [0.25, 0.3) is 0 Å². The van der Waals surface area contributed by atoms with Crippen molar-refractivity contribution in [2.75, 3.05) is 26.7 Å². The molecule has 0 spiro atoms. The number of nitrogens with two attached hydrogens (primary N) is 1. The summed E-state index contributed by atoms with van der Waals surface area (Å²) in [6.45, 7) is 4.19. The van der Waals surface area contributed by atoms with Gasteiger partial charge in [0.25, 0.3) is 0 Å². The van der Waals surface area contributed by atoms with Gasteiger partial charge in [-0.2, -0.15) is 0 Å². The second-order valence-electron chi connectivity index (χ2n) is 5.70. The number of halogens is 1. The smallest absolute Gasteiger partial charge is 0.227 e. The van der Waals surface area contributed by atoms with Crippen molar-refractivity contribution < 1.29 is 9.59 Å². The minimum atomic E-state index is -0.130. The van der Waals surface area contributed by atoms with Gasteiger partial charge in [0.1, 0.15) is 0 Å². The van der Waals surface area contributed by atoms with Gasteiger partial charge in [-0.05, 0) is 25.7 Å². The highest BCUT2D eigenvalue weighted by molar-refractivity contribution is 5.89. The van der Waals surface area contributed by atoms with Gasteiger partial charge in [-0.1, -0.05) is 0 Å². The summed E-state index contributed by atoms with van der Waals surface area (Å²) in [6.07, 6.45) is 2.35. The van der Waals surface area contributed by atoms with E-state index in [-0.39, 0.29) is 36.2 Å². The van der Waals surface area contributed by atoms with Gasteiger partial charge in [0.2, 0.25) is 11.8 Å². The van der Waals surface area contributed by atoms with Gasteiger partial charge in [-0.15, -0.1) is 12.4 Å². The molecule has 19 heavy (non-hydrogen) atoms. The number of piperidine rings is 1. The van der Waals surface area contributed by atoms with Gasteiger partial charge >= 0.3 is 0 Å². The van der Waals surface area contributed by atoms with Crippen LogP contribution < -0.4 is 5.73 Å². The Morgan fingerprint density at radius 3 is 2.37 bits per heavy atom. The minimum Gasteiger partial charge on any atom is -0.345 e. The van der Waals surface area contributed by atoms with Crippen LogP contribution in [-0.2, 0) is 9.59 Å². The molecular weight excluding hydrogens is 266 g/mol. The van der Waals surface area contributed by atoms with Crippen LogP contribution in [0.1, 0.15) is 26.2 Å². The van der Waals surface area contributed by atoms with Crippen LogP contribution in [0.5, 0.6) is 0 Å². The van der Waals surface area contributed by atoms with E-state index in [1.807, 2.05) is 11.8 Å². The van der Waals surface area contributed by atoms with E-state index in [9.17, 15) is 9.59 Å². The fourth-order valence-corrected chi connectivity index (χ4v) is 2.93. The molecule has 6 heteroatoms. The van der Waals surface area contributed by atoms with Crippen molar-refractivity contribution >= 4 is 24.2 Å². The lowest BCUT2D eigenvalue weighted by Gasteiger charge is -2.34. The molecular formula is C13H24ClN3O2. The zero-order valence-electron chi connectivity index (χ0n) is 11.7. The number of carbonyl (C=O) groups is 2. The summed E-state index contributed by atoms with van der Waals surface area (Å²) in [5.41, 5.74) is 5.89. The number of nitrogens with zero attached hydrogens (tertiary/aromatic N) is 2. The Morgan fingerprint density at radius 2 is 1.95 bits per heavy atom. The molecule has 2 N–H and O–H groups in total. The molecule has 0 aromatic carbocycles. The maximum Gasteiger partial charge on any atom is 0.227 e. The van der Waals surface area contributed by atoms with Crippen LogP contribution in [0, 0.1) is 11.8 Å². The second kappa shape index (κ2) is 6.57. The molecule has 2 unspecified atom stereocenters. The number of amides is 2. The summed E-state index contributed by atoms with van der Waals surface area (Å²) in [4.78, 5) is 27.3. The van der Waals surface area contributed by atoms with Crippen LogP contribution in [0.2, 0.25) is 0 Å². The van der Waals surface area contributed by atoms with Gasteiger partial charge in [0, 0.05) is 39.1 Å². The third-order valence-electron chi connectivity index (χ3n) is 4.29. The van der Waals surface area contributed by atoms with E-state index in [4.69, 9.17) is 5.73 Å². The first kappa shape index (κ1) is 16.2. The average Bonchev–Trinajstić information content (AvgIpc) is 2.69. The largest absolute Gasteiger partial charge is 0.345 e. The molecule has 5 nitrogen and oxygen atoms in total. The van der Waals surface area contributed by atoms with E-state index in [1.54, 1.807) is 11.9 Å². The summed E-state index contributed by atoms with van der Waals surface area (Å²) in [5.74, 6) is 0.630. The second-order valence-corrected chi connectivity index (χ2v) is 5.70. The van der Waals surface area contributed by atoms with Gasteiger partial charge in [0.05, 0.1) is 5.92 Å². The zero-order valence-corrected chi connectivity index (χ0v) is 12.5. The molecule has 2 rings (SSSR count). The number of hydrogen-bond donors (Lipinski definition) is 1. The van der Waals surface area contributed by atoms with E-state index in [2.05, 4.69) is 0 Å². The van der Waals surface area contributed by atoms with Crippen molar-refractivity contribution in [2.24, 2.45) is 17.6 Å². The molecule has 2 atom stereocenters. The van der Waals surface area contributed by atoms with E-state index >= 15 is 0 Å². The molecule has 0 saturated carbocycles. The quantitative estimate of drug-likeness (QED) is 0.804. The molecule has 2 aliphatic rings. The van der Waals surface area contributed by atoms with E-state index in [0.29, 0.717) is 18.9 Å². The average molecular weight is 290 g/mol. The lowest BCUT2D eigenvalue weighted by Crippen LogP contribution is -2.45. The summed E-state index contributed by atoms with van der Waals surface area (Å²) >= 11 is 0. The Balaban J connectivity index is 0.00000180. The van der Waals surface area contributed by atoms with Gasteiger partial charge in [0.15, 0.2) is 0 Å². The van der Waals surface area contributed by atoms with E-state index < -0.39 is 0 Å². The SMILES string of the molecule is CC(N)C1CCN(C(=O)C2CC(=O)N(C)C2)CC1.Cl. The Labute approximate surface area is 120 Å². The van der Waals surface area contributed by atoms with Crippen LogP contribution in [0.4, 0.5) is 0 Å². The summed E-state index contributed by atoms with van der Waals surface area (Å²) in [5, 5.41) is 0. The van der Waals surface area contributed by atoms with E-state index in [0.717, 1.165) is 25.9 Å². The summed E-state index contributed by atoms with van der Waals surface area (Å²) < 4.78 is 0. The van der Waals surface area contributed by atoms with Crippen molar-refractivity contribution in [3.8, 4) is 0 Å². The third kappa shape index (κ3) is 3.60. The Kier molecular flexibility index (Phi) is 5.62. The monoisotopic (exact) mass is 289 g/mol. The number of hydrogen-bond acceptors (Lipinski definition) is 3. The molecule has 2 amide bonds. The van der Waals surface area contributed by atoms with Crippen molar-refractivity contribution in [1.82, 2.24) is 9.80 Å². The maximum absolute atomic E-state index is 12.3. The molecule has 0 aromatic heterocycles. The van der Waals surface area contributed by atoms with Crippen molar-refractivity contribution in [3.63, 3.8) is 0 Å². The highest BCUT2D eigenvalue weighted by Gasteiger charge is 2.36. The Bertz CT molecular complexity index is 341. The first-order valence-electron chi connectivity index (χ1n) is 6.77. The first-order chi connectivity index (χ1) is 8.49. The normalized spacial score (nSPS) is 26.3. The predicted octanol–water partition coefficient (Wildman–Crippen LogP) is 0.472. The molecule has 0 aromatic rings. The molecule has 0 bridgehead atoms.